The van der Waals surface area contributed by atoms with E-state index in [4.69, 9.17) is 0 Å². The number of halogens is 2. The van der Waals surface area contributed by atoms with Gasteiger partial charge in [-0.2, -0.15) is 8.78 Å². The zero-order valence-electron chi connectivity index (χ0n) is 14.2. The summed E-state index contributed by atoms with van der Waals surface area (Å²) in [6.45, 7) is -1.16. The number of benzene rings is 2. The van der Waals surface area contributed by atoms with Crippen LogP contribution in [0.5, 0.6) is 5.75 Å². The maximum atomic E-state index is 12.4. The van der Waals surface area contributed by atoms with Crippen molar-refractivity contribution in [2.45, 2.75) is 32.5 Å². The molecule has 0 bridgehead atoms. The lowest BCUT2D eigenvalue weighted by molar-refractivity contribution is -0.121. The molecule has 138 valence electrons. The van der Waals surface area contributed by atoms with Crippen molar-refractivity contribution in [2.24, 2.45) is 0 Å². The van der Waals surface area contributed by atoms with Crippen molar-refractivity contribution in [1.29, 1.82) is 0 Å². The van der Waals surface area contributed by atoms with Gasteiger partial charge in [0.25, 0.3) is 5.91 Å². The van der Waals surface area contributed by atoms with Crippen molar-refractivity contribution in [3.05, 3.63) is 65.7 Å². The lowest BCUT2D eigenvalue weighted by Crippen LogP contribution is -2.37. The van der Waals surface area contributed by atoms with E-state index >= 15 is 0 Å². The topological polar surface area (TPSA) is 67.4 Å². The van der Waals surface area contributed by atoms with Crippen LogP contribution in [-0.4, -0.2) is 24.5 Å². The first-order valence-corrected chi connectivity index (χ1v) is 8.11. The summed E-state index contributed by atoms with van der Waals surface area (Å²) < 4.78 is 29.2. The molecule has 0 saturated carbocycles. The summed E-state index contributed by atoms with van der Waals surface area (Å²) in [5, 5.41) is 5.38. The number of carbonyl (C=O) groups excluding carboxylic acids is 2. The molecule has 0 fully saturated rings. The molecular formula is C19H20F2N2O3. The van der Waals surface area contributed by atoms with Gasteiger partial charge in [0.2, 0.25) is 5.91 Å². The number of hydrogen-bond acceptors (Lipinski definition) is 3. The van der Waals surface area contributed by atoms with E-state index in [-0.39, 0.29) is 36.6 Å². The van der Waals surface area contributed by atoms with Gasteiger partial charge in [0.15, 0.2) is 0 Å². The number of para-hydroxylation sites is 1. The van der Waals surface area contributed by atoms with Gasteiger partial charge in [-0.05, 0) is 25.1 Å². The fraction of sp³-hybridized carbons (Fsp3) is 0.263. The highest BCUT2D eigenvalue weighted by atomic mass is 19.3. The number of alkyl halides is 2. The molecule has 2 rings (SSSR count). The van der Waals surface area contributed by atoms with Crippen LogP contribution < -0.4 is 15.4 Å². The molecule has 2 N–H and O–H groups in total. The van der Waals surface area contributed by atoms with Crippen molar-refractivity contribution < 1.29 is 23.1 Å². The first-order valence-electron chi connectivity index (χ1n) is 8.11. The predicted octanol–water partition coefficient (Wildman–Crippen LogP) is 3.11. The minimum atomic E-state index is -2.93. The summed E-state index contributed by atoms with van der Waals surface area (Å²) in [5.74, 6) is -0.549. The fourth-order valence-corrected chi connectivity index (χ4v) is 2.35. The maximum absolute atomic E-state index is 12.4. The van der Waals surface area contributed by atoms with Gasteiger partial charge in [0.05, 0.1) is 0 Å². The van der Waals surface area contributed by atoms with E-state index < -0.39 is 6.61 Å². The molecule has 0 aliphatic carbocycles. The quantitative estimate of drug-likeness (QED) is 0.758. The minimum Gasteiger partial charge on any atom is -0.434 e. The van der Waals surface area contributed by atoms with Gasteiger partial charge in [-0.3, -0.25) is 9.59 Å². The number of rotatable bonds is 8. The van der Waals surface area contributed by atoms with Gasteiger partial charge in [-0.1, -0.05) is 36.4 Å². The summed E-state index contributed by atoms with van der Waals surface area (Å²) in [7, 11) is 0. The minimum absolute atomic E-state index is 0.0215. The second-order valence-corrected chi connectivity index (χ2v) is 5.71. The molecule has 0 heterocycles. The lowest BCUT2D eigenvalue weighted by Gasteiger charge is -2.15. The lowest BCUT2D eigenvalue weighted by atomic mass is 10.1. The highest BCUT2D eigenvalue weighted by molar-refractivity contribution is 5.94. The van der Waals surface area contributed by atoms with E-state index in [1.54, 1.807) is 49.4 Å². The van der Waals surface area contributed by atoms with Gasteiger partial charge < -0.3 is 15.4 Å². The van der Waals surface area contributed by atoms with E-state index in [1.807, 2.05) is 6.07 Å². The van der Waals surface area contributed by atoms with Crippen LogP contribution in [0.4, 0.5) is 8.78 Å². The van der Waals surface area contributed by atoms with Crippen molar-refractivity contribution in [3.63, 3.8) is 0 Å². The number of nitrogens with one attached hydrogen (secondary N) is 2. The summed E-state index contributed by atoms with van der Waals surface area (Å²) in [6, 6.07) is 14.6. The molecule has 5 nitrogen and oxygen atoms in total. The van der Waals surface area contributed by atoms with Gasteiger partial charge in [0, 0.05) is 30.1 Å². The Morgan fingerprint density at radius 2 is 1.69 bits per heavy atom. The van der Waals surface area contributed by atoms with E-state index in [1.165, 1.54) is 6.07 Å². The van der Waals surface area contributed by atoms with E-state index in [2.05, 4.69) is 15.4 Å². The van der Waals surface area contributed by atoms with Crippen molar-refractivity contribution >= 4 is 11.8 Å². The van der Waals surface area contributed by atoms with Crippen LogP contribution in [0.1, 0.15) is 29.3 Å². The Hall–Kier alpha value is -2.96. The third-order valence-corrected chi connectivity index (χ3v) is 3.57. The van der Waals surface area contributed by atoms with Crippen LogP contribution in [-0.2, 0) is 11.3 Å². The Morgan fingerprint density at radius 1 is 1.04 bits per heavy atom. The summed E-state index contributed by atoms with van der Waals surface area (Å²) in [5.41, 5.74) is 0.958. The van der Waals surface area contributed by atoms with E-state index in [0.29, 0.717) is 11.1 Å². The summed E-state index contributed by atoms with van der Waals surface area (Å²) >= 11 is 0. The Kier molecular flexibility index (Phi) is 7.08. The van der Waals surface area contributed by atoms with Gasteiger partial charge in [-0.15, -0.1) is 0 Å². The highest BCUT2D eigenvalue weighted by Gasteiger charge is 2.14. The molecule has 2 amide bonds. The molecule has 0 aliphatic rings. The third kappa shape index (κ3) is 6.16. The van der Waals surface area contributed by atoms with Crippen LogP contribution in [0, 0.1) is 0 Å². The van der Waals surface area contributed by atoms with Gasteiger partial charge in [0.1, 0.15) is 5.75 Å². The zero-order chi connectivity index (χ0) is 18.9. The van der Waals surface area contributed by atoms with Crippen LogP contribution >= 0.6 is 0 Å². The monoisotopic (exact) mass is 362 g/mol. The molecular weight excluding hydrogens is 342 g/mol. The van der Waals surface area contributed by atoms with Crippen LogP contribution in [0.3, 0.4) is 0 Å². The highest BCUT2D eigenvalue weighted by Crippen LogP contribution is 2.19. The van der Waals surface area contributed by atoms with Crippen LogP contribution in [0.25, 0.3) is 0 Å². The molecule has 7 heteroatoms. The molecule has 0 spiro atoms. The molecule has 0 unspecified atom stereocenters. The molecule has 0 aliphatic heterocycles. The standard InChI is InChI=1S/C19H20F2N2O3/c1-13(23-18(25)14-7-3-2-4-8-14)11-17(24)22-12-15-9-5-6-10-16(15)26-19(20)21/h2-10,13,19H,11-12H2,1H3,(H,22,24)(H,23,25)/t13-/m1/s1. The maximum Gasteiger partial charge on any atom is 0.387 e. The first kappa shape index (κ1) is 19.4. The van der Waals surface area contributed by atoms with E-state index in [9.17, 15) is 18.4 Å². The molecule has 0 aromatic heterocycles. The molecule has 2 aromatic carbocycles. The molecule has 26 heavy (non-hydrogen) atoms. The van der Waals surface area contributed by atoms with Crippen molar-refractivity contribution in [2.75, 3.05) is 0 Å². The third-order valence-electron chi connectivity index (χ3n) is 3.57. The van der Waals surface area contributed by atoms with Crippen LogP contribution in [0.15, 0.2) is 54.6 Å². The Morgan fingerprint density at radius 3 is 2.38 bits per heavy atom. The Balaban J connectivity index is 1.82. The predicted molar refractivity (Wildman–Crippen MR) is 92.9 cm³/mol. The summed E-state index contributed by atoms with van der Waals surface area (Å²) in [4.78, 5) is 24.1. The number of ether oxygens (including phenoxy) is 1. The largest absolute Gasteiger partial charge is 0.434 e. The van der Waals surface area contributed by atoms with Gasteiger partial charge >= 0.3 is 6.61 Å². The summed E-state index contributed by atoms with van der Waals surface area (Å²) in [6.07, 6.45) is 0.0659. The molecule has 0 saturated heterocycles. The smallest absolute Gasteiger partial charge is 0.387 e. The normalized spacial score (nSPS) is 11.7. The number of hydrogen-bond donors (Lipinski definition) is 2. The fourth-order valence-electron chi connectivity index (χ4n) is 2.35. The van der Waals surface area contributed by atoms with Crippen LogP contribution in [0.2, 0.25) is 0 Å². The second-order valence-electron chi connectivity index (χ2n) is 5.71. The number of carbonyl (C=O) groups is 2. The molecule has 1 atom stereocenters. The van der Waals surface area contributed by atoms with Crippen molar-refractivity contribution in [3.8, 4) is 5.75 Å². The van der Waals surface area contributed by atoms with Crippen molar-refractivity contribution in [1.82, 2.24) is 10.6 Å². The molecule has 2 aromatic rings. The Bertz CT molecular complexity index is 739. The second kappa shape index (κ2) is 9.50. The SMILES string of the molecule is C[C@H](CC(=O)NCc1ccccc1OC(F)F)NC(=O)c1ccccc1. The van der Waals surface area contributed by atoms with Gasteiger partial charge in [-0.25, -0.2) is 0 Å². The average molecular weight is 362 g/mol. The first-order chi connectivity index (χ1) is 12.5. The number of amides is 2. The molecule has 0 radical (unpaired) electrons. The average Bonchev–Trinajstić information content (AvgIpc) is 2.61. The Labute approximate surface area is 150 Å². The van der Waals surface area contributed by atoms with E-state index in [0.717, 1.165) is 0 Å². The zero-order valence-corrected chi connectivity index (χ0v) is 14.2.